The van der Waals surface area contributed by atoms with E-state index in [-0.39, 0.29) is 37.1 Å². The van der Waals surface area contributed by atoms with Gasteiger partial charge in [-0.2, -0.15) is 18.3 Å². The number of hydrogen-bond acceptors (Lipinski definition) is 6. The molecule has 10 heteroatoms. The Morgan fingerprint density at radius 3 is 2.47 bits per heavy atom. The maximum atomic E-state index is 14.1. The van der Waals surface area contributed by atoms with Gasteiger partial charge in [0, 0.05) is 18.5 Å². The normalized spacial score (nSPS) is 21.4. The van der Waals surface area contributed by atoms with Gasteiger partial charge in [0.2, 0.25) is 0 Å². The van der Waals surface area contributed by atoms with Gasteiger partial charge >= 0.3 is 12.3 Å². The summed E-state index contributed by atoms with van der Waals surface area (Å²) in [5.41, 5.74) is -0.685. The highest BCUT2D eigenvalue weighted by Crippen LogP contribution is 2.49. The molecule has 3 aliphatic heterocycles. The van der Waals surface area contributed by atoms with Crippen LogP contribution in [0.5, 0.6) is 5.75 Å². The van der Waals surface area contributed by atoms with Crippen molar-refractivity contribution in [3.05, 3.63) is 29.8 Å². The van der Waals surface area contributed by atoms with Crippen LogP contribution >= 0.6 is 0 Å². The Hall–Kier alpha value is -3.04. The van der Waals surface area contributed by atoms with E-state index in [1.807, 2.05) is 18.7 Å². The number of carbonyl (C=O) groups is 1. The lowest BCUT2D eigenvalue weighted by molar-refractivity contribution is -0.138. The molecule has 0 bridgehead atoms. The highest BCUT2D eigenvalue weighted by Gasteiger charge is 2.48. The zero-order valence-electron chi connectivity index (χ0n) is 20.2. The molecule has 1 aromatic carbocycles. The maximum Gasteiger partial charge on any atom is 0.417 e. The van der Waals surface area contributed by atoms with Crippen molar-refractivity contribution < 1.29 is 27.4 Å². The number of amides is 1. The lowest BCUT2D eigenvalue weighted by Gasteiger charge is -2.49. The van der Waals surface area contributed by atoms with Crippen LogP contribution in [0.2, 0.25) is 0 Å². The molecule has 0 N–H and O–H groups in total. The largest absolute Gasteiger partial charge is 0.483 e. The molecule has 7 nitrogen and oxygen atoms in total. The highest BCUT2D eigenvalue weighted by molar-refractivity contribution is 6.10. The minimum Gasteiger partial charge on any atom is -0.483 e. The van der Waals surface area contributed by atoms with Gasteiger partial charge in [-0.15, -0.1) is 5.10 Å². The van der Waals surface area contributed by atoms with Gasteiger partial charge in [-0.1, -0.05) is 13.5 Å². The van der Waals surface area contributed by atoms with Crippen LogP contribution in [0.3, 0.4) is 0 Å². The Bertz CT molecular complexity index is 1110. The lowest BCUT2D eigenvalue weighted by Crippen LogP contribution is -2.58. The third-order valence-corrected chi connectivity index (χ3v) is 6.40. The van der Waals surface area contributed by atoms with E-state index in [1.54, 1.807) is 27.7 Å². The zero-order valence-corrected chi connectivity index (χ0v) is 20.2. The summed E-state index contributed by atoms with van der Waals surface area (Å²) in [5.74, 6) is 0.673. The fourth-order valence-electron chi connectivity index (χ4n) is 4.39. The SMILES string of the molecule is C=C(c1cc2c(cc1C(F)(F)F)OCC1=NN=C(C)C(C)N12)C1(C)CN(C(=O)OC(C)(C)C)C1. The van der Waals surface area contributed by atoms with Crippen LogP contribution in [-0.4, -0.2) is 53.9 Å². The van der Waals surface area contributed by atoms with Crippen molar-refractivity contribution in [3.63, 3.8) is 0 Å². The van der Waals surface area contributed by atoms with Crippen LogP contribution in [0.1, 0.15) is 52.7 Å². The maximum absolute atomic E-state index is 14.1. The first-order valence-corrected chi connectivity index (χ1v) is 11.1. The van der Waals surface area contributed by atoms with Crippen molar-refractivity contribution >= 4 is 28.9 Å². The first-order valence-electron chi connectivity index (χ1n) is 11.1. The van der Waals surface area contributed by atoms with Crippen molar-refractivity contribution in [2.45, 2.75) is 59.4 Å². The molecule has 3 aliphatic rings. The van der Waals surface area contributed by atoms with Crippen molar-refractivity contribution in [3.8, 4) is 5.75 Å². The molecular formula is C24H29F3N4O3. The first kappa shape index (κ1) is 24.1. The third-order valence-electron chi connectivity index (χ3n) is 6.40. The molecule has 3 heterocycles. The quantitative estimate of drug-likeness (QED) is 0.575. The molecule has 184 valence electrons. The van der Waals surface area contributed by atoms with Crippen LogP contribution in [0, 0.1) is 5.41 Å². The first-order chi connectivity index (χ1) is 15.6. The van der Waals surface area contributed by atoms with Gasteiger partial charge < -0.3 is 19.3 Å². The highest BCUT2D eigenvalue weighted by atomic mass is 19.4. The molecule has 0 saturated carbocycles. The number of benzene rings is 1. The molecule has 1 fully saturated rings. The van der Waals surface area contributed by atoms with Crippen molar-refractivity contribution in [1.29, 1.82) is 0 Å². The molecule has 34 heavy (non-hydrogen) atoms. The van der Waals surface area contributed by atoms with Crippen LogP contribution < -0.4 is 9.64 Å². The molecule has 0 spiro atoms. The number of amidine groups is 1. The fourth-order valence-corrected chi connectivity index (χ4v) is 4.39. The van der Waals surface area contributed by atoms with Crippen LogP contribution in [0.25, 0.3) is 5.57 Å². The Kier molecular flexibility index (Phi) is 5.49. The summed E-state index contributed by atoms with van der Waals surface area (Å²) in [4.78, 5) is 15.7. The number of halogens is 3. The molecule has 0 radical (unpaired) electrons. The Labute approximate surface area is 196 Å². The smallest absolute Gasteiger partial charge is 0.417 e. The molecule has 1 aromatic rings. The molecule has 4 rings (SSSR count). The van der Waals surface area contributed by atoms with E-state index in [0.717, 1.165) is 11.8 Å². The van der Waals surface area contributed by atoms with Gasteiger partial charge in [0.15, 0.2) is 5.84 Å². The average molecular weight is 479 g/mol. The van der Waals surface area contributed by atoms with Crippen LogP contribution in [0.4, 0.5) is 23.7 Å². The van der Waals surface area contributed by atoms with Crippen molar-refractivity contribution in [2.24, 2.45) is 15.6 Å². The number of likely N-dealkylation sites (tertiary alicyclic amines) is 1. The Balaban J connectivity index is 1.70. The lowest BCUT2D eigenvalue weighted by atomic mass is 9.72. The van der Waals surface area contributed by atoms with E-state index < -0.39 is 28.8 Å². The number of nitrogens with zero attached hydrogens (tertiary/aromatic N) is 4. The van der Waals surface area contributed by atoms with Crippen LogP contribution in [0.15, 0.2) is 28.9 Å². The van der Waals surface area contributed by atoms with Gasteiger partial charge in [-0.25, -0.2) is 4.79 Å². The Morgan fingerprint density at radius 1 is 1.24 bits per heavy atom. The summed E-state index contributed by atoms with van der Waals surface area (Å²) in [6.45, 7) is 15.4. The van der Waals surface area contributed by atoms with Gasteiger partial charge in [-0.05, 0) is 57.9 Å². The number of fused-ring (bicyclic) bond motifs is 3. The number of carbonyl (C=O) groups excluding carboxylic acids is 1. The molecule has 0 aromatic heterocycles. The summed E-state index contributed by atoms with van der Waals surface area (Å²) in [5, 5.41) is 8.30. The summed E-state index contributed by atoms with van der Waals surface area (Å²) in [6, 6.07) is 2.33. The van der Waals surface area contributed by atoms with E-state index in [4.69, 9.17) is 9.47 Å². The van der Waals surface area contributed by atoms with Gasteiger partial charge in [-0.3, -0.25) is 0 Å². The molecule has 1 unspecified atom stereocenters. The molecule has 1 saturated heterocycles. The molecular weight excluding hydrogens is 449 g/mol. The summed E-state index contributed by atoms with van der Waals surface area (Å²) in [6.07, 6.45) is -5.11. The van der Waals surface area contributed by atoms with E-state index in [0.29, 0.717) is 17.1 Å². The number of hydrogen-bond donors (Lipinski definition) is 0. The predicted molar refractivity (Wildman–Crippen MR) is 124 cm³/mol. The van der Waals surface area contributed by atoms with Gasteiger partial charge in [0.25, 0.3) is 0 Å². The molecule has 0 aliphatic carbocycles. The average Bonchev–Trinajstić information content (AvgIpc) is 2.70. The topological polar surface area (TPSA) is 66.7 Å². The number of ether oxygens (including phenoxy) is 2. The standard InChI is InChI=1S/C24H29F3N4O3/c1-13(23(7)11-30(12-23)21(32)34-22(4,5)6)16-8-18-19(9-17(16)24(25,26)27)33-10-20-29-28-14(2)15(3)31(18)20/h8-9,15H,1,10-12H2,2-7H3. The minimum atomic E-state index is -4.61. The van der Waals surface area contributed by atoms with Crippen molar-refractivity contribution in [1.82, 2.24) is 4.90 Å². The number of rotatable bonds is 2. The minimum absolute atomic E-state index is 0.0187. The molecule has 1 amide bonds. The van der Waals surface area contributed by atoms with Gasteiger partial charge in [0.1, 0.15) is 18.0 Å². The van der Waals surface area contributed by atoms with Gasteiger partial charge in [0.05, 0.1) is 23.0 Å². The summed E-state index contributed by atoms with van der Waals surface area (Å²) < 4.78 is 53.4. The second-order valence-electron chi connectivity index (χ2n) is 10.3. The second kappa shape index (κ2) is 7.74. The van der Waals surface area contributed by atoms with E-state index >= 15 is 0 Å². The second-order valence-corrected chi connectivity index (χ2v) is 10.3. The Morgan fingerprint density at radius 2 is 1.88 bits per heavy atom. The van der Waals surface area contributed by atoms with E-state index in [2.05, 4.69) is 16.8 Å². The monoisotopic (exact) mass is 478 g/mol. The number of alkyl halides is 3. The van der Waals surface area contributed by atoms with E-state index in [9.17, 15) is 18.0 Å². The third kappa shape index (κ3) is 4.14. The summed E-state index contributed by atoms with van der Waals surface area (Å²) >= 11 is 0. The summed E-state index contributed by atoms with van der Waals surface area (Å²) in [7, 11) is 0. The van der Waals surface area contributed by atoms with Crippen LogP contribution in [-0.2, 0) is 10.9 Å². The fraction of sp³-hybridized carbons (Fsp3) is 0.542. The van der Waals surface area contributed by atoms with E-state index in [1.165, 1.54) is 11.0 Å². The van der Waals surface area contributed by atoms with Crippen molar-refractivity contribution in [2.75, 3.05) is 24.6 Å². The predicted octanol–water partition coefficient (Wildman–Crippen LogP) is 5.35. The number of anilines is 1. The zero-order chi connectivity index (χ0) is 25.2. The molecule has 1 atom stereocenters.